The second-order valence-electron chi connectivity index (χ2n) is 4.67. The molecule has 106 valence electrons. The minimum absolute atomic E-state index is 0.0438. The quantitative estimate of drug-likeness (QED) is 0.712. The van der Waals surface area contributed by atoms with Crippen LogP contribution in [-0.2, 0) is 6.42 Å². The van der Waals surface area contributed by atoms with Crippen LogP contribution in [0.5, 0.6) is 5.75 Å². The molecule has 0 amide bonds. The van der Waals surface area contributed by atoms with E-state index < -0.39 is 0 Å². The predicted molar refractivity (Wildman–Crippen MR) is 85.8 cm³/mol. The Morgan fingerprint density at radius 2 is 1.86 bits per heavy atom. The highest BCUT2D eigenvalue weighted by Gasteiger charge is 2.02. The summed E-state index contributed by atoms with van der Waals surface area (Å²) >= 11 is 3.41. The topological polar surface area (TPSA) is 39.4 Å². The average molecular weight is 345 g/mol. The summed E-state index contributed by atoms with van der Waals surface area (Å²) in [5.74, 6) is 0.703. The number of benzene rings is 2. The summed E-state index contributed by atoms with van der Waals surface area (Å²) in [6.45, 7) is 0.574. The first-order chi connectivity index (χ1) is 10.2. The van der Waals surface area contributed by atoms with Gasteiger partial charge in [0.05, 0.1) is 18.3 Å². The zero-order chi connectivity index (χ0) is 14.7. The van der Waals surface area contributed by atoms with Gasteiger partial charge in [0.2, 0.25) is 0 Å². The van der Waals surface area contributed by atoms with Crippen molar-refractivity contribution in [3.05, 3.63) is 75.1 Å². The van der Waals surface area contributed by atoms with Crippen LogP contribution < -0.4 is 10.2 Å². The molecule has 0 fully saturated rings. The average Bonchev–Trinajstić information content (AvgIpc) is 2.49. The van der Waals surface area contributed by atoms with E-state index in [9.17, 15) is 4.79 Å². The van der Waals surface area contributed by atoms with E-state index in [0.717, 1.165) is 10.9 Å². The van der Waals surface area contributed by atoms with Gasteiger partial charge in [0, 0.05) is 23.0 Å². The maximum absolute atomic E-state index is 11.6. The first kappa shape index (κ1) is 13.9. The van der Waals surface area contributed by atoms with Crippen molar-refractivity contribution in [1.29, 1.82) is 0 Å². The molecular weight excluding hydrogens is 332 g/mol. The van der Waals surface area contributed by atoms with Crippen LogP contribution in [0.1, 0.15) is 5.56 Å². The number of rotatable bonds is 4. The number of fused-ring (bicyclic) bond motifs is 1. The van der Waals surface area contributed by atoms with Gasteiger partial charge in [-0.2, -0.15) is 0 Å². The third kappa shape index (κ3) is 3.34. The summed E-state index contributed by atoms with van der Waals surface area (Å²) in [5.41, 5.74) is 1.71. The molecule has 1 heterocycles. The molecule has 0 radical (unpaired) electrons. The predicted octanol–water partition coefficient (Wildman–Crippen LogP) is 4.18. The highest BCUT2D eigenvalue weighted by atomic mass is 79.9. The summed E-state index contributed by atoms with van der Waals surface area (Å²) in [7, 11) is 0. The Morgan fingerprint density at radius 3 is 2.67 bits per heavy atom. The van der Waals surface area contributed by atoms with Crippen LogP contribution in [0.2, 0.25) is 0 Å². The van der Waals surface area contributed by atoms with Gasteiger partial charge in [0.15, 0.2) is 5.43 Å². The maximum Gasteiger partial charge on any atom is 0.192 e. The number of ether oxygens (including phenoxy) is 1. The summed E-state index contributed by atoms with van der Waals surface area (Å²) in [5, 5.41) is 0.567. The Balaban J connectivity index is 1.68. The highest BCUT2D eigenvalue weighted by molar-refractivity contribution is 9.10. The molecule has 3 aromatic rings. The Hall–Kier alpha value is -2.07. The van der Waals surface area contributed by atoms with Crippen LogP contribution in [0.3, 0.4) is 0 Å². The molecule has 0 aliphatic heterocycles. The van der Waals surface area contributed by atoms with Gasteiger partial charge in [0.25, 0.3) is 0 Å². The van der Waals surface area contributed by atoms with Crippen LogP contribution in [0.25, 0.3) is 11.0 Å². The van der Waals surface area contributed by atoms with Crippen LogP contribution in [-0.4, -0.2) is 6.61 Å². The minimum atomic E-state index is -0.0438. The lowest BCUT2D eigenvalue weighted by Crippen LogP contribution is -2.02. The van der Waals surface area contributed by atoms with E-state index in [-0.39, 0.29) is 5.43 Å². The van der Waals surface area contributed by atoms with E-state index in [1.807, 2.05) is 12.1 Å². The smallest absolute Gasteiger partial charge is 0.192 e. The Bertz CT molecular complexity index is 806. The van der Waals surface area contributed by atoms with Crippen LogP contribution in [0.4, 0.5) is 0 Å². The molecule has 0 saturated carbocycles. The van der Waals surface area contributed by atoms with Crippen molar-refractivity contribution in [1.82, 2.24) is 0 Å². The largest absolute Gasteiger partial charge is 0.493 e. The Morgan fingerprint density at radius 1 is 1.05 bits per heavy atom. The molecule has 0 N–H and O–H groups in total. The molecule has 2 aromatic carbocycles. The lowest BCUT2D eigenvalue weighted by molar-refractivity contribution is 0.322. The van der Waals surface area contributed by atoms with Gasteiger partial charge in [-0.25, -0.2) is 0 Å². The number of hydrogen-bond donors (Lipinski definition) is 0. The maximum atomic E-state index is 11.6. The standard InChI is InChI=1S/C17H13BrO3/c18-13-3-1-12(2-4-13)7-9-20-14-5-6-15-16(19)8-10-21-17(15)11-14/h1-6,8,10-11H,7,9H2. The molecule has 21 heavy (non-hydrogen) atoms. The zero-order valence-corrected chi connectivity index (χ0v) is 12.8. The van der Waals surface area contributed by atoms with E-state index in [1.165, 1.54) is 17.9 Å². The van der Waals surface area contributed by atoms with Crippen molar-refractivity contribution < 1.29 is 9.15 Å². The summed E-state index contributed by atoms with van der Waals surface area (Å²) < 4.78 is 12.1. The molecule has 3 nitrogen and oxygen atoms in total. The summed E-state index contributed by atoms with van der Waals surface area (Å²) in [4.78, 5) is 11.6. The SMILES string of the molecule is O=c1ccoc2cc(OCCc3ccc(Br)cc3)ccc12. The van der Waals surface area contributed by atoms with E-state index in [4.69, 9.17) is 9.15 Å². The third-order valence-corrected chi connectivity index (χ3v) is 3.73. The molecule has 0 atom stereocenters. The second-order valence-corrected chi connectivity index (χ2v) is 5.58. The minimum Gasteiger partial charge on any atom is -0.493 e. The number of hydrogen-bond acceptors (Lipinski definition) is 3. The number of halogens is 1. The van der Waals surface area contributed by atoms with Crippen molar-refractivity contribution in [3.8, 4) is 5.75 Å². The van der Waals surface area contributed by atoms with E-state index in [2.05, 4.69) is 28.1 Å². The Kier molecular flexibility index (Phi) is 4.06. The van der Waals surface area contributed by atoms with Gasteiger partial charge in [-0.1, -0.05) is 28.1 Å². The lowest BCUT2D eigenvalue weighted by Gasteiger charge is -2.07. The molecule has 4 heteroatoms. The first-order valence-electron chi connectivity index (χ1n) is 6.61. The van der Waals surface area contributed by atoms with Gasteiger partial charge in [-0.3, -0.25) is 4.79 Å². The molecule has 0 aliphatic carbocycles. The van der Waals surface area contributed by atoms with Gasteiger partial charge >= 0.3 is 0 Å². The van der Waals surface area contributed by atoms with Crippen molar-refractivity contribution in [2.24, 2.45) is 0 Å². The zero-order valence-electron chi connectivity index (χ0n) is 11.2. The monoisotopic (exact) mass is 344 g/mol. The van der Waals surface area contributed by atoms with Crippen LogP contribution in [0.15, 0.2) is 68.5 Å². The van der Waals surface area contributed by atoms with E-state index >= 15 is 0 Å². The molecule has 0 aliphatic rings. The second kappa shape index (κ2) is 6.14. The fourth-order valence-electron chi connectivity index (χ4n) is 2.09. The lowest BCUT2D eigenvalue weighted by atomic mass is 10.2. The van der Waals surface area contributed by atoms with Crippen molar-refractivity contribution in [3.63, 3.8) is 0 Å². The molecule has 0 unspecified atom stereocenters. The first-order valence-corrected chi connectivity index (χ1v) is 7.40. The van der Waals surface area contributed by atoms with E-state index in [0.29, 0.717) is 23.3 Å². The van der Waals surface area contributed by atoms with Crippen LogP contribution in [0, 0.1) is 0 Å². The van der Waals surface area contributed by atoms with Gasteiger partial charge in [-0.05, 0) is 29.8 Å². The molecule has 0 spiro atoms. The summed E-state index contributed by atoms with van der Waals surface area (Å²) in [6.07, 6.45) is 2.22. The third-order valence-electron chi connectivity index (χ3n) is 3.21. The fraction of sp³-hybridized carbons (Fsp3) is 0.118. The van der Waals surface area contributed by atoms with E-state index in [1.54, 1.807) is 18.2 Å². The molecule has 3 rings (SSSR count). The normalized spacial score (nSPS) is 10.7. The van der Waals surface area contributed by atoms with Crippen molar-refractivity contribution in [2.45, 2.75) is 6.42 Å². The van der Waals surface area contributed by atoms with Crippen molar-refractivity contribution >= 4 is 26.9 Å². The Labute approximate surface area is 130 Å². The molecular formula is C17H13BrO3. The molecule has 0 bridgehead atoms. The van der Waals surface area contributed by atoms with Gasteiger partial charge in [0.1, 0.15) is 11.3 Å². The van der Waals surface area contributed by atoms with Gasteiger partial charge < -0.3 is 9.15 Å². The van der Waals surface area contributed by atoms with Gasteiger partial charge in [-0.15, -0.1) is 0 Å². The molecule has 1 aromatic heterocycles. The summed E-state index contributed by atoms with van der Waals surface area (Å²) in [6, 6.07) is 14.8. The fourth-order valence-corrected chi connectivity index (χ4v) is 2.35. The van der Waals surface area contributed by atoms with Crippen LogP contribution >= 0.6 is 15.9 Å². The highest BCUT2D eigenvalue weighted by Crippen LogP contribution is 2.18. The molecule has 0 saturated heterocycles. The van der Waals surface area contributed by atoms with Crippen molar-refractivity contribution in [2.75, 3.05) is 6.61 Å².